The number of anilines is 1. The smallest absolute Gasteiger partial charge is 0.409 e. The van der Waals surface area contributed by atoms with Gasteiger partial charge in [-0.15, -0.1) is 0 Å². The summed E-state index contributed by atoms with van der Waals surface area (Å²) in [7, 11) is 0. The molecule has 0 aliphatic rings. The molecule has 0 bridgehead atoms. The highest BCUT2D eigenvalue weighted by atomic mass is 35.5. The largest absolute Gasteiger partial charge is 0.417 e. The lowest BCUT2D eigenvalue weighted by Crippen LogP contribution is -2.16. The molecule has 1 amide bonds. The van der Waals surface area contributed by atoms with E-state index < -0.39 is 6.09 Å². The van der Waals surface area contributed by atoms with Gasteiger partial charge in [0.15, 0.2) is 5.75 Å². The van der Waals surface area contributed by atoms with Crippen molar-refractivity contribution in [1.29, 1.82) is 0 Å². The van der Waals surface area contributed by atoms with Gasteiger partial charge in [-0.1, -0.05) is 46.9 Å². The van der Waals surface area contributed by atoms with Gasteiger partial charge in [-0.05, 0) is 30.3 Å². The summed E-state index contributed by atoms with van der Waals surface area (Å²) in [6.45, 7) is 0. The standard InChI is InChI=1S/C13H8Cl3NO2/c14-9-6-5-8(7-11(9)16)17-13(18)19-12-4-2-1-3-10(12)15/h1-7H,(H,17,18). The van der Waals surface area contributed by atoms with Crippen LogP contribution in [-0.2, 0) is 0 Å². The first kappa shape index (κ1) is 14.0. The maximum atomic E-state index is 11.7. The van der Waals surface area contributed by atoms with Crippen LogP contribution in [0.4, 0.5) is 10.5 Å². The van der Waals surface area contributed by atoms with Crippen molar-refractivity contribution >= 4 is 46.6 Å². The van der Waals surface area contributed by atoms with E-state index in [4.69, 9.17) is 39.5 Å². The first-order chi connectivity index (χ1) is 9.06. The molecule has 0 atom stereocenters. The molecule has 2 aromatic carbocycles. The van der Waals surface area contributed by atoms with E-state index in [1.807, 2.05) is 0 Å². The molecule has 98 valence electrons. The average Bonchev–Trinajstić information content (AvgIpc) is 2.37. The first-order valence-corrected chi connectivity index (χ1v) is 6.38. The fraction of sp³-hybridized carbons (Fsp3) is 0. The second kappa shape index (κ2) is 6.15. The Morgan fingerprint density at radius 1 is 0.947 bits per heavy atom. The van der Waals surface area contributed by atoms with Crippen molar-refractivity contribution in [2.24, 2.45) is 0 Å². The van der Waals surface area contributed by atoms with Crippen LogP contribution in [0.25, 0.3) is 0 Å². The van der Waals surface area contributed by atoms with Gasteiger partial charge < -0.3 is 4.74 Å². The number of amides is 1. The van der Waals surface area contributed by atoms with E-state index in [9.17, 15) is 4.79 Å². The van der Waals surface area contributed by atoms with E-state index in [1.54, 1.807) is 36.4 Å². The minimum absolute atomic E-state index is 0.279. The number of ether oxygens (including phenoxy) is 1. The third-order valence-electron chi connectivity index (χ3n) is 2.21. The van der Waals surface area contributed by atoms with Crippen LogP contribution in [0, 0.1) is 0 Å². The molecule has 0 radical (unpaired) electrons. The number of hydrogen-bond donors (Lipinski definition) is 1. The van der Waals surface area contributed by atoms with Crippen LogP contribution < -0.4 is 10.1 Å². The summed E-state index contributed by atoms with van der Waals surface area (Å²) in [5.41, 5.74) is 0.478. The molecule has 2 aromatic rings. The van der Waals surface area contributed by atoms with Gasteiger partial charge in [0.05, 0.1) is 15.1 Å². The zero-order valence-corrected chi connectivity index (χ0v) is 11.8. The van der Waals surface area contributed by atoms with Crippen molar-refractivity contribution < 1.29 is 9.53 Å². The number of rotatable bonds is 2. The molecule has 1 N–H and O–H groups in total. The van der Waals surface area contributed by atoms with Gasteiger partial charge in [-0.25, -0.2) is 4.79 Å². The Balaban J connectivity index is 2.05. The fourth-order valence-electron chi connectivity index (χ4n) is 1.34. The zero-order valence-electron chi connectivity index (χ0n) is 9.49. The molecule has 0 aliphatic heterocycles. The molecule has 0 unspecified atom stereocenters. The third-order valence-corrected chi connectivity index (χ3v) is 3.26. The van der Waals surface area contributed by atoms with Crippen LogP contribution >= 0.6 is 34.8 Å². The van der Waals surface area contributed by atoms with Crippen LogP contribution in [0.1, 0.15) is 0 Å². The predicted octanol–water partition coefficient (Wildman–Crippen LogP) is 5.26. The summed E-state index contributed by atoms with van der Waals surface area (Å²) >= 11 is 17.5. The second-order valence-corrected chi connectivity index (χ2v) is 4.80. The average molecular weight is 317 g/mol. The zero-order chi connectivity index (χ0) is 13.8. The number of carbonyl (C=O) groups excluding carboxylic acids is 1. The highest BCUT2D eigenvalue weighted by molar-refractivity contribution is 6.42. The van der Waals surface area contributed by atoms with Crippen molar-refractivity contribution in [3.05, 3.63) is 57.5 Å². The maximum absolute atomic E-state index is 11.7. The number of nitrogens with one attached hydrogen (secondary N) is 1. The summed E-state index contributed by atoms with van der Waals surface area (Å²) < 4.78 is 5.06. The minimum atomic E-state index is -0.661. The predicted molar refractivity (Wildman–Crippen MR) is 77.6 cm³/mol. The van der Waals surface area contributed by atoms with E-state index in [-0.39, 0.29) is 5.75 Å². The van der Waals surface area contributed by atoms with Crippen molar-refractivity contribution in [3.63, 3.8) is 0 Å². The van der Waals surface area contributed by atoms with Gasteiger partial charge in [0, 0.05) is 5.69 Å². The number of hydrogen-bond acceptors (Lipinski definition) is 2. The second-order valence-electron chi connectivity index (χ2n) is 3.57. The highest BCUT2D eigenvalue weighted by Crippen LogP contribution is 2.26. The summed E-state index contributed by atoms with van der Waals surface area (Å²) in [6.07, 6.45) is -0.661. The lowest BCUT2D eigenvalue weighted by Gasteiger charge is -2.08. The minimum Gasteiger partial charge on any atom is -0.409 e. The molecule has 0 spiro atoms. The van der Waals surface area contributed by atoms with E-state index >= 15 is 0 Å². The Kier molecular flexibility index (Phi) is 4.53. The SMILES string of the molecule is O=C(Nc1ccc(Cl)c(Cl)c1)Oc1ccccc1Cl. The molecular formula is C13H8Cl3NO2. The van der Waals surface area contributed by atoms with E-state index in [0.717, 1.165) is 0 Å². The summed E-state index contributed by atoms with van der Waals surface area (Å²) in [6, 6.07) is 11.4. The molecule has 0 fully saturated rings. The van der Waals surface area contributed by atoms with Crippen LogP contribution in [0.5, 0.6) is 5.75 Å². The molecule has 19 heavy (non-hydrogen) atoms. The highest BCUT2D eigenvalue weighted by Gasteiger charge is 2.08. The molecule has 2 rings (SSSR count). The Hall–Kier alpha value is -1.42. The van der Waals surface area contributed by atoms with Crippen molar-refractivity contribution in [1.82, 2.24) is 0 Å². The lowest BCUT2D eigenvalue weighted by molar-refractivity contribution is 0.215. The topological polar surface area (TPSA) is 38.3 Å². The van der Waals surface area contributed by atoms with Crippen LogP contribution in [0.15, 0.2) is 42.5 Å². The third kappa shape index (κ3) is 3.77. The Morgan fingerprint density at radius 2 is 1.68 bits per heavy atom. The summed E-state index contributed by atoms with van der Waals surface area (Å²) in [5.74, 6) is 0.279. The number of halogens is 3. The molecule has 3 nitrogen and oxygen atoms in total. The molecule has 0 saturated heterocycles. The molecule has 0 saturated carbocycles. The monoisotopic (exact) mass is 315 g/mol. The Labute approximate surface area is 125 Å². The molecule has 0 aliphatic carbocycles. The van der Waals surface area contributed by atoms with Gasteiger partial charge in [-0.3, -0.25) is 5.32 Å². The van der Waals surface area contributed by atoms with Crippen LogP contribution in [0.3, 0.4) is 0 Å². The van der Waals surface area contributed by atoms with Gasteiger partial charge in [0.1, 0.15) is 0 Å². The molecule has 0 heterocycles. The number of para-hydroxylation sites is 1. The normalized spacial score (nSPS) is 10.1. The Bertz CT molecular complexity index is 617. The lowest BCUT2D eigenvalue weighted by atomic mass is 10.3. The Morgan fingerprint density at radius 3 is 2.37 bits per heavy atom. The van der Waals surface area contributed by atoms with Gasteiger partial charge in [0.25, 0.3) is 0 Å². The molecule has 6 heteroatoms. The van der Waals surface area contributed by atoms with Crippen molar-refractivity contribution in [2.75, 3.05) is 5.32 Å². The number of carbonyl (C=O) groups is 1. The van der Waals surface area contributed by atoms with E-state index in [2.05, 4.69) is 5.32 Å². The van der Waals surface area contributed by atoms with Gasteiger partial charge in [0.2, 0.25) is 0 Å². The van der Waals surface area contributed by atoms with Crippen molar-refractivity contribution in [2.45, 2.75) is 0 Å². The van der Waals surface area contributed by atoms with Crippen LogP contribution in [0.2, 0.25) is 15.1 Å². The van der Waals surface area contributed by atoms with Crippen LogP contribution in [-0.4, -0.2) is 6.09 Å². The molecule has 0 aromatic heterocycles. The van der Waals surface area contributed by atoms with E-state index in [0.29, 0.717) is 20.8 Å². The van der Waals surface area contributed by atoms with Gasteiger partial charge in [-0.2, -0.15) is 0 Å². The summed E-state index contributed by atoms with van der Waals surface area (Å²) in [5, 5.41) is 3.63. The number of benzene rings is 2. The fourth-order valence-corrected chi connectivity index (χ4v) is 1.82. The first-order valence-electron chi connectivity index (χ1n) is 5.24. The maximum Gasteiger partial charge on any atom is 0.417 e. The quantitative estimate of drug-likeness (QED) is 0.821. The molecular weight excluding hydrogens is 309 g/mol. The van der Waals surface area contributed by atoms with Crippen molar-refractivity contribution in [3.8, 4) is 5.75 Å². The van der Waals surface area contributed by atoms with Gasteiger partial charge >= 0.3 is 6.09 Å². The van der Waals surface area contributed by atoms with E-state index in [1.165, 1.54) is 6.07 Å². The summed E-state index contributed by atoms with van der Waals surface area (Å²) in [4.78, 5) is 11.7.